The van der Waals surface area contributed by atoms with E-state index in [0.717, 1.165) is 11.7 Å². The normalized spacial score (nSPS) is 13.8. The van der Waals surface area contributed by atoms with Crippen LogP contribution in [0.3, 0.4) is 0 Å². The Labute approximate surface area is 152 Å². The van der Waals surface area contributed by atoms with Gasteiger partial charge >= 0.3 is 46.7 Å². The molecule has 3 nitrogen and oxygen atoms in total. The Morgan fingerprint density at radius 3 is 1.30 bits per heavy atom. The SMILES string of the molecule is F[As-](F)(F)(F)(F)F.Fc1ccccc1-c1n[s+]nc(-c2ccccc2F)n1. The summed E-state index contributed by atoms with van der Waals surface area (Å²) in [5.74, 6) is -0.460. The zero-order valence-corrected chi connectivity index (χ0v) is 15.5. The largest absolute Gasteiger partial charge is 0.511 e. The minimum atomic E-state index is -11.1. The van der Waals surface area contributed by atoms with Crippen molar-refractivity contribution in [2.75, 3.05) is 0 Å². The minimum absolute atomic E-state index is 0.196. The first kappa shape index (κ1) is 21.1. The first-order chi connectivity index (χ1) is 12.2. The Morgan fingerprint density at radius 2 is 0.963 bits per heavy atom. The molecule has 0 spiro atoms. The number of hydrogen-bond acceptors (Lipinski definition) is 3. The number of nitrogens with zero attached hydrogens (tertiary/aromatic N) is 3. The van der Waals surface area contributed by atoms with E-state index >= 15 is 0 Å². The van der Waals surface area contributed by atoms with Crippen LogP contribution in [-0.4, -0.2) is 27.9 Å². The molecule has 0 radical (unpaired) electrons. The van der Waals surface area contributed by atoms with Crippen molar-refractivity contribution in [3.8, 4) is 22.8 Å². The number of hydrogen-bond donors (Lipinski definition) is 0. The van der Waals surface area contributed by atoms with Gasteiger partial charge in [0.25, 0.3) is 0 Å². The second-order valence-electron chi connectivity index (χ2n) is 4.94. The summed E-state index contributed by atoms with van der Waals surface area (Å²) in [6.45, 7) is 0. The second-order valence-corrected chi connectivity index (χ2v) is 9.49. The van der Waals surface area contributed by atoms with Gasteiger partial charge in [0, 0.05) is 0 Å². The Kier molecular flexibility index (Phi) is 5.28. The van der Waals surface area contributed by atoms with Crippen LogP contribution >= 0.6 is 11.7 Å². The summed E-state index contributed by atoms with van der Waals surface area (Å²) >= 11 is -10.2. The fourth-order valence-electron chi connectivity index (χ4n) is 1.74. The molecular formula is C14H8AsF8N3S. The Hall–Kier alpha value is -2.20. The van der Waals surface area contributed by atoms with Gasteiger partial charge in [-0.1, -0.05) is 24.3 Å². The summed E-state index contributed by atoms with van der Waals surface area (Å²) in [6.07, 6.45) is 0. The summed E-state index contributed by atoms with van der Waals surface area (Å²) in [5, 5.41) is 0. The zero-order chi connectivity index (χ0) is 20.4. The van der Waals surface area contributed by atoms with Gasteiger partial charge in [-0.3, -0.25) is 0 Å². The Balaban J connectivity index is 0.000000321. The maximum atomic E-state index is 13.7. The summed E-state index contributed by atoms with van der Waals surface area (Å²) in [4.78, 5) is 4.14. The van der Waals surface area contributed by atoms with Crippen LogP contribution in [0.5, 0.6) is 0 Å². The molecule has 0 aliphatic heterocycles. The van der Waals surface area contributed by atoms with E-state index in [4.69, 9.17) is 0 Å². The molecule has 1 heterocycles. The van der Waals surface area contributed by atoms with Crippen LogP contribution in [0.2, 0.25) is 0 Å². The Morgan fingerprint density at radius 1 is 0.630 bits per heavy atom. The molecule has 3 aromatic rings. The maximum absolute atomic E-state index is 13.7. The van der Waals surface area contributed by atoms with Crippen molar-refractivity contribution in [2.24, 2.45) is 0 Å². The molecule has 0 fully saturated rings. The van der Waals surface area contributed by atoms with Crippen LogP contribution in [0.4, 0.5) is 29.6 Å². The molecule has 0 atom stereocenters. The molecule has 0 aliphatic rings. The smallest absolute Gasteiger partial charge is 0.206 e. The minimum Gasteiger partial charge on any atom is -0.206 e. The fourth-order valence-corrected chi connectivity index (χ4v) is 2.22. The molecule has 1 aromatic heterocycles. The van der Waals surface area contributed by atoms with E-state index in [1.54, 1.807) is 36.4 Å². The van der Waals surface area contributed by atoms with Crippen molar-refractivity contribution in [1.29, 1.82) is 0 Å². The van der Waals surface area contributed by atoms with Crippen LogP contribution < -0.4 is 0 Å². The summed E-state index contributed by atoms with van der Waals surface area (Å²) in [5.41, 5.74) is 0.535. The predicted octanol–water partition coefficient (Wildman–Crippen LogP) is 5.97. The van der Waals surface area contributed by atoms with Crippen molar-refractivity contribution >= 4 is 25.9 Å². The number of benzene rings is 2. The third-order valence-corrected chi connectivity index (χ3v) is 3.21. The third-order valence-electron chi connectivity index (χ3n) is 2.70. The first-order valence-corrected chi connectivity index (χ1v) is 11.8. The van der Waals surface area contributed by atoms with Crippen molar-refractivity contribution < 1.29 is 29.6 Å². The van der Waals surface area contributed by atoms with Crippen LogP contribution in [-0.2, 0) is 0 Å². The number of halogens is 8. The van der Waals surface area contributed by atoms with Gasteiger partial charge < -0.3 is 0 Å². The van der Waals surface area contributed by atoms with Gasteiger partial charge in [-0.05, 0) is 24.3 Å². The van der Waals surface area contributed by atoms with Gasteiger partial charge in [-0.25, -0.2) is 8.78 Å². The standard InChI is InChI=1S/C14H8F2N3S.AsF6/c15-11-7-3-1-5-9(11)13-17-14(19-20-18-13)10-6-2-4-8-12(10)16;2-1(3,4,5,6)7/h1-8H;/q+1;-1. The monoisotopic (exact) mass is 477 g/mol. The van der Waals surface area contributed by atoms with Gasteiger partial charge in [0.15, 0.2) is 0 Å². The van der Waals surface area contributed by atoms with E-state index in [2.05, 4.69) is 13.7 Å². The molecule has 0 N–H and O–H groups in total. The topological polar surface area (TPSA) is 38.7 Å². The molecule has 146 valence electrons. The summed E-state index contributed by atoms with van der Waals surface area (Å²) in [7, 11) is 0. The van der Waals surface area contributed by atoms with E-state index < -0.39 is 25.8 Å². The van der Waals surface area contributed by atoms with Gasteiger partial charge in [0.05, 0.1) is 19.9 Å². The van der Waals surface area contributed by atoms with Gasteiger partial charge in [-0.2, -0.15) is 4.98 Å². The fraction of sp³-hybridized carbons (Fsp3) is 0. The quantitative estimate of drug-likeness (QED) is 0.260. The molecule has 0 saturated heterocycles. The van der Waals surface area contributed by atoms with E-state index in [1.807, 2.05) is 0 Å². The van der Waals surface area contributed by atoms with Gasteiger partial charge in [0.1, 0.15) is 11.6 Å². The van der Waals surface area contributed by atoms with E-state index in [0.29, 0.717) is 0 Å². The van der Waals surface area contributed by atoms with Crippen molar-refractivity contribution in [3.05, 3.63) is 60.2 Å². The molecule has 0 bridgehead atoms. The summed E-state index contributed by atoms with van der Waals surface area (Å²) in [6, 6.07) is 12.3. The predicted molar refractivity (Wildman–Crippen MR) is 85.3 cm³/mol. The molecule has 13 heteroatoms. The second kappa shape index (κ2) is 6.75. The molecule has 0 amide bonds. The average Bonchev–Trinajstić information content (AvgIpc) is 2.53. The van der Waals surface area contributed by atoms with Crippen LogP contribution in [0.15, 0.2) is 48.5 Å². The summed E-state index contributed by atoms with van der Waals surface area (Å²) < 4.78 is 94.8. The number of rotatable bonds is 2. The Bertz CT molecular complexity index is 894. The molecule has 2 aromatic carbocycles. The molecule has 0 unspecified atom stereocenters. The average molecular weight is 477 g/mol. The molecule has 27 heavy (non-hydrogen) atoms. The molecule has 0 aliphatic carbocycles. The van der Waals surface area contributed by atoms with E-state index in [1.165, 1.54) is 12.1 Å². The maximum Gasteiger partial charge on any atom is 0.511 e. The van der Waals surface area contributed by atoms with Crippen molar-refractivity contribution in [2.45, 2.75) is 0 Å². The van der Waals surface area contributed by atoms with E-state index in [-0.39, 0.29) is 22.8 Å². The van der Waals surface area contributed by atoms with Crippen LogP contribution in [0, 0.1) is 11.6 Å². The number of aromatic nitrogens is 3. The van der Waals surface area contributed by atoms with Crippen molar-refractivity contribution in [1.82, 2.24) is 13.7 Å². The van der Waals surface area contributed by atoms with E-state index in [9.17, 15) is 29.6 Å². The van der Waals surface area contributed by atoms with Crippen LogP contribution in [0.25, 0.3) is 22.8 Å². The zero-order valence-electron chi connectivity index (χ0n) is 12.8. The molecule has 3 rings (SSSR count). The van der Waals surface area contributed by atoms with Gasteiger partial charge in [-0.15, -0.1) is 0 Å². The molecular weight excluding hydrogens is 469 g/mol. The molecule has 0 saturated carbocycles. The first-order valence-electron chi connectivity index (χ1n) is 6.81. The van der Waals surface area contributed by atoms with Crippen molar-refractivity contribution in [3.63, 3.8) is 0 Å². The van der Waals surface area contributed by atoms with Gasteiger partial charge in [0.2, 0.25) is 11.6 Å². The van der Waals surface area contributed by atoms with Crippen LogP contribution in [0.1, 0.15) is 0 Å². The third kappa shape index (κ3) is 7.92.